The zero-order valence-electron chi connectivity index (χ0n) is 15.6. The Balaban J connectivity index is 2.03. The van der Waals surface area contributed by atoms with Gasteiger partial charge in [0.15, 0.2) is 11.3 Å². The average Bonchev–Trinajstić information content (AvgIpc) is 2.60. The minimum absolute atomic E-state index is 0.281. The summed E-state index contributed by atoms with van der Waals surface area (Å²) in [6.45, 7) is 4.67. The number of ether oxygens (including phenoxy) is 2. The van der Waals surface area contributed by atoms with Gasteiger partial charge in [0.1, 0.15) is 0 Å². The molecule has 0 radical (unpaired) electrons. The van der Waals surface area contributed by atoms with Crippen LogP contribution in [0.1, 0.15) is 18.1 Å². The molecule has 136 valence electrons. The molecule has 0 aliphatic carbocycles. The summed E-state index contributed by atoms with van der Waals surface area (Å²) in [6, 6.07) is 4.25. The molecule has 0 saturated heterocycles. The molecule has 0 saturated carbocycles. The normalized spacial score (nSPS) is 16.1. The van der Waals surface area contributed by atoms with Crippen molar-refractivity contribution in [3.8, 4) is 11.5 Å². The molecule has 1 aromatic heterocycles. The standard InChI is InChI=1S/C19H26N2O4/c1-12(20(2)3)10-21-9-8-13-14-6-7-16(23-4)18(24-5)17(14)25-19(22)15(13)11-21/h6-7,12H,8-11H2,1-5H3. The SMILES string of the molecule is COc1ccc2c3c(c(=O)oc2c1OC)CN(CC(C)N(C)C)CC3. The number of likely N-dealkylation sites (N-methyl/N-ethyl adjacent to an activating group) is 1. The maximum Gasteiger partial charge on any atom is 0.341 e. The maximum atomic E-state index is 12.6. The molecule has 6 heteroatoms. The Bertz CT molecular complexity index is 828. The predicted octanol–water partition coefficient (Wildman–Crippen LogP) is 2.12. The van der Waals surface area contributed by atoms with Crippen molar-refractivity contribution in [3.63, 3.8) is 0 Å². The lowest BCUT2D eigenvalue weighted by molar-refractivity contribution is 0.179. The van der Waals surface area contributed by atoms with E-state index >= 15 is 0 Å². The molecule has 0 fully saturated rings. The third kappa shape index (κ3) is 3.24. The summed E-state index contributed by atoms with van der Waals surface area (Å²) < 4.78 is 16.4. The molecule has 0 amide bonds. The molecule has 25 heavy (non-hydrogen) atoms. The molecule has 1 aliphatic rings. The first-order valence-electron chi connectivity index (χ1n) is 8.54. The predicted molar refractivity (Wildman–Crippen MR) is 97.7 cm³/mol. The molecule has 1 unspecified atom stereocenters. The highest BCUT2D eigenvalue weighted by Gasteiger charge is 2.26. The van der Waals surface area contributed by atoms with Gasteiger partial charge in [0.2, 0.25) is 5.75 Å². The quantitative estimate of drug-likeness (QED) is 0.773. The molecular formula is C19H26N2O4. The molecule has 1 aliphatic heterocycles. The number of methoxy groups -OCH3 is 2. The summed E-state index contributed by atoms with van der Waals surface area (Å²) in [4.78, 5) is 17.1. The topological polar surface area (TPSA) is 55.2 Å². The smallest absolute Gasteiger partial charge is 0.341 e. The van der Waals surface area contributed by atoms with E-state index in [0.717, 1.165) is 36.0 Å². The molecule has 0 N–H and O–H groups in total. The highest BCUT2D eigenvalue weighted by Crippen LogP contribution is 2.37. The number of fused-ring (bicyclic) bond motifs is 3. The summed E-state index contributed by atoms with van der Waals surface area (Å²) in [5, 5.41) is 0.938. The fourth-order valence-electron chi connectivity index (χ4n) is 3.39. The summed E-state index contributed by atoms with van der Waals surface area (Å²) in [5.74, 6) is 1.04. The second kappa shape index (κ2) is 7.06. The summed E-state index contributed by atoms with van der Waals surface area (Å²) in [6.07, 6.45) is 0.826. The maximum absolute atomic E-state index is 12.6. The van der Waals surface area contributed by atoms with Crippen LogP contribution in [0.25, 0.3) is 11.0 Å². The van der Waals surface area contributed by atoms with Gasteiger partial charge in [-0.2, -0.15) is 0 Å². The van der Waals surface area contributed by atoms with Crippen LogP contribution in [0, 0.1) is 0 Å². The van der Waals surface area contributed by atoms with Gasteiger partial charge in [-0.25, -0.2) is 4.79 Å². The Morgan fingerprint density at radius 2 is 2.00 bits per heavy atom. The van der Waals surface area contributed by atoms with Crippen LogP contribution >= 0.6 is 0 Å². The van der Waals surface area contributed by atoms with Crippen LogP contribution in [0.15, 0.2) is 21.3 Å². The van der Waals surface area contributed by atoms with Gasteiger partial charge in [0, 0.05) is 31.1 Å². The van der Waals surface area contributed by atoms with Crippen LogP contribution in [-0.4, -0.2) is 57.2 Å². The summed E-state index contributed by atoms with van der Waals surface area (Å²) in [5.41, 5.74) is 2.02. The van der Waals surface area contributed by atoms with Crippen LogP contribution < -0.4 is 15.1 Å². The Hall–Kier alpha value is -2.05. The van der Waals surface area contributed by atoms with Crippen molar-refractivity contribution in [2.45, 2.75) is 25.9 Å². The van der Waals surface area contributed by atoms with Crippen LogP contribution in [0.4, 0.5) is 0 Å². The fourth-order valence-corrected chi connectivity index (χ4v) is 3.39. The fraction of sp³-hybridized carbons (Fsp3) is 0.526. The first kappa shape index (κ1) is 17.8. The van der Waals surface area contributed by atoms with E-state index in [1.54, 1.807) is 14.2 Å². The third-order valence-electron chi connectivity index (χ3n) is 5.09. The van der Waals surface area contributed by atoms with E-state index < -0.39 is 0 Å². The highest BCUT2D eigenvalue weighted by molar-refractivity contribution is 5.88. The lowest BCUT2D eigenvalue weighted by Gasteiger charge is -2.32. The Morgan fingerprint density at radius 3 is 2.64 bits per heavy atom. The molecule has 1 atom stereocenters. The van der Waals surface area contributed by atoms with Crippen molar-refractivity contribution in [1.82, 2.24) is 9.80 Å². The van der Waals surface area contributed by atoms with Gasteiger partial charge in [0.05, 0.1) is 19.8 Å². The van der Waals surface area contributed by atoms with Crippen molar-refractivity contribution in [2.75, 3.05) is 41.4 Å². The van der Waals surface area contributed by atoms with Gasteiger partial charge in [-0.3, -0.25) is 4.90 Å². The largest absolute Gasteiger partial charge is 0.493 e. The highest BCUT2D eigenvalue weighted by atomic mass is 16.5. The molecule has 0 spiro atoms. The second-order valence-corrected chi connectivity index (χ2v) is 6.82. The van der Waals surface area contributed by atoms with E-state index in [-0.39, 0.29) is 5.63 Å². The van der Waals surface area contributed by atoms with Crippen molar-refractivity contribution in [2.24, 2.45) is 0 Å². The van der Waals surface area contributed by atoms with E-state index in [0.29, 0.717) is 29.7 Å². The van der Waals surface area contributed by atoms with E-state index in [1.165, 1.54) is 0 Å². The van der Waals surface area contributed by atoms with E-state index in [1.807, 2.05) is 12.1 Å². The number of hydrogen-bond acceptors (Lipinski definition) is 6. The van der Waals surface area contributed by atoms with Gasteiger partial charge < -0.3 is 18.8 Å². The number of hydrogen-bond donors (Lipinski definition) is 0. The number of benzene rings is 1. The summed E-state index contributed by atoms with van der Waals surface area (Å²) in [7, 11) is 7.28. The van der Waals surface area contributed by atoms with Crippen LogP contribution in [-0.2, 0) is 13.0 Å². The van der Waals surface area contributed by atoms with E-state index in [2.05, 4.69) is 30.8 Å². The molecule has 2 aromatic rings. The van der Waals surface area contributed by atoms with Crippen LogP contribution in [0.3, 0.4) is 0 Å². The Labute approximate surface area is 147 Å². The molecule has 3 rings (SSSR count). The van der Waals surface area contributed by atoms with Crippen molar-refractivity contribution >= 4 is 11.0 Å². The van der Waals surface area contributed by atoms with Crippen molar-refractivity contribution in [3.05, 3.63) is 33.7 Å². The number of rotatable bonds is 5. The zero-order valence-corrected chi connectivity index (χ0v) is 15.6. The molecule has 0 bridgehead atoms. The second-order valence-electron chi connectivity index (χ2n) is 6.82. The van der Waals surface area contributed by atoms with Gasteiger partial charge in [-0.1, -0.05) is 0 Å². The van der Waals surface area contributed by atoms with Crippen LogP contribution in [0.5, 0.6) is 11.5 Å². The first-order valence-corrected chi connectivity index (χ1v) is 8.54. The Morgan fingerprint density at radius 1 is 1.24 bits per heavy atom. The zero-order chi connectivity index (χ0) is 18.1. The third-order valence-corrected chi connectivity index (χ3v) is 5.09. The van der Waals surface area contributed by atoms with Crippen molar-refractivity contribution < 1.29 is 13.9 Å². The summed E-state index contributed by atoms with van der Waals surface area (Å²) >= 11 is 0. The average molecular weight is 346 g/mol. The lowest BCUT2D eigenvalue weighted by Crippen LogP contribution is -2.42. The molecular weight excluding hydrogens is 320 g/mol. The minimum Gasteiger partial charge on any atom is -0.493 e. The van der Waals surface area contributed by atoms with Crippen LogP contribution in [0.2, 0.25) is 0 Å². The van der Waals surface area contributed by atoms with Gasteiger partial charge in [-0.05, 0) is 45.1 Å². The van der Waals surface area contributed by atoms with E-state index in [9.17, 15) is 4.79 Å². The van der Waals surface area contributed by atoms with Crippen molar-refractivity contribution in [1.29, 1.82) is 0 Å². The monoisotopic (exact) mass is 346 g/mol. The number of nitrogens with zero attached hydrogens (tertiary/aromatic N) is 2. The van der Waals surface area contributed by atoms with Gasteiger partial charge >= 0.3 is 5.63 Å². The molecule has 6 nitrogen and oxygen atoms in total. The van der Waals surface area contributed by atoms with Gasteiger partial charge in [-0.15, -0.1) is 0 Å². The Kier molecular flexibility index (Phi) is 5.01. The van der Waals surface area contributed by atoms with E-state index in [4.69, 9.17) is 13.9 Å². The molecule has 2 heterocycles. The molecule has 1 aromatic carbocycles. The minimum atomic E-state index is -0.281. The van der Waals surface area contributed by atoms with Gasteiger partial charge in [0.25, 0.3) is 0 Å². The first-order chi connectivity index (χ1) is 12.0. The lowest BCUT2D eigenvalue weighted by atomic mass is 9.97.